The fourth-order valence-electron chi connectivity index (χ4n) is 0.634. The van der Waals surface area contributed by atoms with Crippen LogP contribution >= 0.6 is 0 Å². The lowest BCUT2D eigenvalue weighted by molar-refractivity contribution is -0.143. The van der Waals surface area contributed by atoms with Gasteiger partial charge in [0.2, 0.25) is 0 Å². The van der Waals surface area contributed by atoms with Gasteiger partial charge in [-0.15, -0.1) is 0 Å². The highest BCUT2D eigenvalue weighted by molar-refractivity contribution is 5.81. The molecule has 1 aliphatic heterocycles. The van der Waals surface area contributed by atoms with Gasteiger partial charge in [-0.05, 0) is 6.92 Å². The molecule has 1 unspecified atom stereocenters. The fourth-order valence-corrected chi connectivity index (χ4v) is 0.634. The molecule has 0 aliphatic carbocycles. The van der Waals surface area contributed by atoms with Crippen LogP contribution in [0.2, 0.25) is 0 Å². The Morgan fingerprint density at radius 1 is 2.00 bits per heavy atom. The maximum Gasteiger partial charge on any atom is 0.330 e. The topological polar surface area (TPSA) is 38.8 Å². The van der Waals surface area contributed by atoms with Crippen molar-refractivity contribution in [3.05, 3.63) is 12.7 Å². The van der Waals surface area contributed by atoms with Crippen LogP contribution in [0.3, 0.4) is 0 Å². The largest absolute Gasteiger partial charge is 0.457 e. The maximum absolute atomic E-state index is 10.6. The van der Waals surface area contributed by atoms with E-state index in [-0.39, 0.29) is 18.2 Å². The molecule has 0 amide bonds. The highest BCUT2D eigenvalue weighted by atomic mass is 16.6. The van der Waals surface area contributed by atoms with E-state index in [1.807, 2.05) is 0 Å². The molecule has 1 fully saturated rings. The second-order valence-electron chi connectivity index (χ2n) is 2.22. The molecule has 0 saturated carbocycles. The first-order valence-electron chi connectivity index (χ1n) is 3.18. The molecule has 3 nitrogen and oxygen atoms in total. The molecule has 1 rings (SSSR count). The molecule has 0 aromatic heterocycles. The summed E-state index contributed by atoms with van der Waals surface area (Å²) in [5, 5.41) is 0. The van der Waals surface area contributed by atoms with Crippen molar-refractivity contribution in [2.75, 3.05) is 6.61 Å². The average Bonchev–Trinajstić information content (AvgIpc) is 2.68. The molecule has 0 N–H and O–H groups in total. The summed E-state index contributed by atoms with van der Waals surface area (Å²) in [5.41, 5.74) is 0. The van der Waals surface area contributed by atoms with Crippen LogP contribution in [0.5, 0.6) is 0 Å². The van der Waals surface area contributed by atoms with E-state index in [0.717, 1.165) is 6.08 Å². The predicted molar refractivity (Wildman–Crippen MR) is 35.5 cm³/mol. The van der Waals surface area contributed by atoms with Crippen molar-refractivity contribution in [3.8, 4) is 0 Å². The Kier molecular flexibility index (Phi) is 2.06. The third-order valence-electron chi connectivity index (χ3n) is 1.35. The molecule has 10 heavy (non-hydrogen) atoms. The maximum atomic E-state index is 10.6. The molecule has 0 radical (unpaired) electrons. The number of rotatable bonds is 3. The first kappa shape index (κ1) is 7.28. The third-order valence-corrected chi connectivity index (χ3v) is 1.35. The van der Waals surface area contributed by atoms with Crippen molar-refractivity contribution < 1.29 is 14.3 Å². The minimum Gasteiger partial charge on any atom is -0.457 e. The summed E-state index contributed by atoms with van der Waals surface area (Å²) >= 11 is 0. The van der Waals surface area contributed by atoms with E-state index in [2.05, 4.69) is 6.58 Å². The normalized spacial score (nSPS) is 25.1. The first-order valence-corrected chi connectivity index (χ1v) is 3.18. The Morgan fingerprint density at radius 2 is 2.60 bits per heavy atom. The van der Waals surface area contributed by atoms with Gasteiger partial charge in [0, 0.05) is 6.08 Å². The van der Waals surface area contributed by atoms with E-state index in [1.54, 1.807) is 6.92 Å². The predicted octanol–water partition coefficient (Wildman–Crippen LogP) is 0.503. The summed E-state index contributed by atoms with van der Waals surface area (Å²) in [6.45, 7) is 5.78. The minimum atomic E-state index is -0.386. The molecule has 1 saturated heterocycles. The van der Waals surface area contributed by atoms with E-state index < -0.39 is 0 Å². The minimum absolute atomic E-state index is 0.115. The van der Waals surface area contributed by atoms with Crippen LogP contribution in [0.1, 0.15) is 6.92 Å². The van der Waals surface area contributed by atoms with Gasteiger partial charge in [-0.2, -0.15) is 0 Å². The lowest BCUT2D eigenvalue weighted by Crippen LogP contribution is -2.18. The van der Waals surface area contributed by atoms with Crippen molar-refractivity contribution in [3.63, 3.8) is 0 Å². The third kappa shape index (κ3) is 1.84. The van der Waals surface area contributed by atoms with Gasteiger partial charge < -0.3 is 9.47 Å². The van der Waals surface area contributed by atoms with Crippen LogP contribution < -0.4 is 0 Å². The molecule has 0 bridgehead atoms. The summed E-state index contributed by atoms with van der Waals surface area (Å²) in [7, 11) is 0. The van der Waals surface area contributed by atoms with Crippen LogP contribution in [0.25, 0.3) is 0 Å². The standard InChI is InChI=1S/C7H10O3/c1-3-7(8)10-5(2)6-4-9-6/h3,5-6H,1,4H2,2H3/t5?,6-/m0/s1. The van der Waals surface area contributed by atoms with E-state index in [0.29, 0.717) is 6.61 Å². The Balaban J connectivity index is 2.22. The SMILES string of the molecule is C=CC(=O)OC(C)[C@@H]1CO1. The van der Waals surface area contributed by atoms with Crippen molar-refractivity contribution in [2.45, 2.75) is 19.1 Å². The Bertz CT molecular complexity index is 149. The Hall–Kier alpha value is -0.830. The summed E-state index contributed by atoms with van der Waals surface area (Å²) in [4.78, 5) is 10.6. The van der Waals surface area contributed by atoms with Crippen molar-refractivity contribution in [1.29, 1.82) is 0 Å². The molecule has 56 valence electrons. The second kappa shape index (κ2) is 2.84. The average molecular weight is 142 g/mol. The van der Waals surface area contributed by atoms with Crippen molar-refractivity contribution >= 4 is 5.97 Å². The van der Waals surface area contributed by atoms with Crippen LogP contribution in [-0.4, -0.2) is 24.8 Å². The van der Waals surface area contributed by atoms with E-state index >= 15 is 0 Å². The fraction of sp³-hybridized carbons (Fsp3) is 0.571. The highest BCUT2D eigenvalue weighted by Gasteiger charge is 2.31. The smallest absolute Gasteiger partial charge is 0.330 e. The van der Waals surface area contributed by atoms with Gasteiger partial charge in [0.25, 0.3) is 0 Å². The molecule has 0 aromatic rings. The van der Waals surface area contributed by atoms with Gasteiger partial charge in [0.1, 0.15) is 12.2 Å². The number of carbonyl (C=O) groups is 1. The summed E-state index contributed by atoms with van der Waals surface area (Å²) in [5.74, 6) is -0.386. The monoisotopic (exact) mass is 142 g/mol. The molecule has 3 heteroatoms. The summed E-state index contributed by atoms with van der Waals surface area (Å²) in [6, 6.07) is 0. The van der Waals surface area contributed by atoms with Crippen LogP contribution in [0.4, 0.5) is 0 Å². The first-order chi connectivity index (χ1) is 4.74. The number of carbonyl (C=O) groups excluding carboxylic acids is 1. The zero-order valence-corrected chi connectivity index (χ0v) is 5.87. The van der Waals surface area contributed by atoms with Crippen LogP contribution in [-0.2, 0) is 14.3 Å². The number of ether oxygens (including phenoxy) is 2. The highest BCUT2D eigenvalue weighted by Crippen LogP contribution is 2.16. The van der Waals surface area contributed by atoms with E-state index in [4.69, 9.17) is 9.47 Å². The molecule has 1 heterocycles. The zero-order valence-electron chi connectivity index (χ0n) is 5.87. The van der Waals surface area contributed by atoms with Gasteiger partial charge in [-0.25, -0.2) is 4.79 Å². The lowest BCUT2D eigenvalue weighted by atomic mass is 10.3. The van der Waals surface area contributed by atoms with Gasteiger partial charge in [-0.3, -0.25) is 0 Å². The van der Waals surface area contributed by atoms with Crippen LogP contribution in [0.15, 0.2) is 12.7 Å². The molecule has 0 spiro atoms. The van der Waals surface area contributed by atoms with Gasteiger partial charge in [0.15, 0.2) is 0 Å². The Morgan fingerprint density at radius 3 is 3.00 bits per heavy atom. The van der Waals surface area contributed by atoms with Crippen molar-refractivity contribution in [2.24, 2.45) is 0 Å². The molecule has 0 aromatic carbocycles. The quantitative estimate of drug-likeness (QED) is 0.327. The number of hydrogen-bond donors (Lipinski definition) is 0. The number of epoxide rings is 1. The number of esters is 1. The van der Waals surface area contributed by atoms with E-state index in [9.17, 15) is 4.79 Å². The molecular formula is C7H10O3. The van der Waals surface area contributed by atoms with Gasteiger partial charge in [-0.1, -0.05) is 6.58 Å². The molecule has 2 atom stereocenters. The summed E-state index contributed by atoms with van der Waals surface area (Å²) < 4.78 is 9.75. The molecular weight excluding hydrogens is 132 g/mol. The lowest BCUT2D eigenvalue weighted by Gasteiger charge is -2.06. The summed E-state index contributed by atoms with van der Waals surface area (Å²) in [6.07, 6.45) is 1.13. The van der Waals surface area contributed by atoms with Crippen LogP contribution in [0, 0.1) is 0 Å². The number of hydrogen-bond acceptors (Lipinski definition) is 3. The second-order valence-corrected chi connectivity index (χ2v) is 2.22. The Labute approximate surface area is 59.6 Å². The zero-order chi connectivity index (χ0) is 7.56. The molecule has 1 aliphatic rings. The van der Waals surface area contributed by atoms with Crippen molar-refractivity contribution in [1.82, 2.24) is 0 Å². The van der Waals surface area contributed by atoms with Gasteiger partial charge >= 0.3 is 5.97 Å². The van der Waals surface area contributed by atoms with Gasteiger partial charge in [0.05, 0.1) is 6.61 Å². The van der Waals surface area contributed by atoms with E-state index in [1.165, 1.54) is 0 Å².